The standard InChI is InChI=1S/C23H18BrN3O3/c1-15-6-11-21-25-18(12-22(28)27(21)13-15)14-30-20-5-3-2-4-19(20)26-23(29)16-7-9-17(24)10-8-16/h2-13H,14H2,1H3,(H,26,29). The van der Waals surface area contributed by atoms with Gasteiger partial charge in [0.15, 0.2) is 0 Å². The van der Waals surface area contributed by atoms with Crippen LogP contribution in [0.1, 0.15) is 21.6 Å². The number of para-hydroxylation sites is 2. The van der Waals surface area contributed by atoms with Gasteiger partial charge in [0, 0.05) is 22.3 Å². The van der Waals surface area contributed by atoms with Crippen molar-refractivity contribution < 1.29 is 9.53 Å². The van der Waals surface area contributed by atoms with E-state index in [1.165, 1.54) is 10.5 Å². The number of pyridine rings is 1. The highest BCUT2D eigenvalue weighted by Gasteiger charge is 2.11. The molecule has 4 rings (SSSR count). The van der Waals surface area contributed by atoms with Crippen molar-refractivity contribution in [2.45, 2.75) is 13.5 Å². The van der Waals surface area contributed by atoms with Crippen LogP contribution in [0.15, 0.2) is 82.2 Å². The predicted molar refractivity (Wildman–Crippen MR) is 119 cm³/mol. The molecule has 0 bridgehead atoms. The van der Waals surface area contributed by atoms with Gasteiger partial charge in [-0.15, -0.1) is 0 Å². The summed E-state index contributed by atoms with van der Waals surface area (Å²) >= 11 is 3.36. The quantitative estimate of drug-likeness (QED) is 0.469. The van der Waals surface area contributed by atoms with E-state index in [0.717, 1.165) is 10.0 Å². The van der Waals surface area contributed by atoms with Gasteiger partial charge in [-0.05, 0) is 55.0 Å². The highest BCUT2D eigenvalue weighted by molar-refractivity contribution is 9.10. The zero-order valence-electron chi connectivity index (χ0n) is 16.1. The Balaban J connectivity index is 1.53. The van der Waals surface area contributed by atoms with Crippen molar-refractivity contribution in [1.82, 2.24) is 9.38 Å². The number of nitrogens with zero attached hydrogens (tertiary/aromatic N) is 2. The monoisotopic (exact) mass is 463 g/mol. The number of fused-ring (bicyclic) bond motifs is 1. The number of carbonyl (C=O) groups excluding carboxylic acids is 1. The first-order valence-corrected chi connectivity index (χ1v) is 10.1. The second-order valence-electron chi connectivity index (χ2n) is 6.77. The third-order valence-electron chi connectivity index (χ3n) is 4.48. The molecule has 0 aliphatic rings. The van der Waals surface area contributed by atoms with Crippen LogP contribution in [-0.4, -0.2) is 15.3 Å². The maximum absolute atomic E-state index is 12.5. The molecular weight excluding hydrogens is 446 g/mol. The molecular formula is C23H18BrN3O3. The van der Waals surface area contributed by atoms with E-state index in [2.05, 4.69) is 26.2 Å². The number of halogens is 1. The Kier molecular flexibility index (Phi) is 5.63. The SMILES string of the molecule is Cc1ccc2nc(COc3ccccc3NC(=O)c3ccc(Br)cc3)cc(=O)n2c1. The van der Waals surface area contributed by atoms with Gasteiger partial charge in [0.25, 0.3) is 11.5 Å². The highest BCUT2D eigenvalue weighted by atomic mass is 79.9. The van der Waals surface area contributed by atoms with Crippen molar-refractivity contribution in [3.8, 4) is 5.75 Å². The Morgan fingerprint density at radius 2 is 1.87 bits per heavy atom. The Morgan fingerprint density at radius 3 is 2.67 bits per heavy atom. The number of aromatic nitrogens is 2. The molecule has 30 heavy (non-hydrogen) atoms. The van der Waals surface area contributed by atoms with Crippen LogP contribution in [0.2, 0.25) is 0 Å². The third-order valence-corrected chi connectivity index (χ3v) is 5.01. The normalized spacial score (nSPS) is 10.7. The minimum absolute atomic E-state index is 0.102. The number of hydrogen-bond acceptors (Lipinski definition) is 4. The molecule has 1 N–H and O–H groups in total. The van der Waals surface area contributed by atoms with Crippen LogP contribution in [0.25, 0.3) is 5.65 Å². The molecule has 0 unspecified atom stereocenters. The van der Waals surface area contributed by atoms with E-state index in [-0.39, 0.29) is 18.1 Å². The fourth-order valence-electron chi connectivity index (χ4n) is 2.98. The maximum atomic E-state index is 12.5. The van der Waals surface area contributed by atoms with Gasteiger partial charge < -0.3 is 10.1 Å². The first-order valence-electron chi connectivity index (χ1n) is 9.27. The molecule has 150 valence electrons. The van der Waals surface area contributed by atoms with E-state index in [0.29, 0.717) is 28.3 Å². The van der Waals surface area contributed by atoms with Gasteiger partial charge >= 0.3 is 0 Å². The number of ether oxygens (including phenoxy) is 1. The van der Waals surface area contributed by atoms with Gasteiger partial charge in [0.05, 0.1) is 11.4 Å². The van der Waals surface area contributed by atoms with Gasteiger partial charge in [-0.25, -0.2) is 4.98 Å². The van der Waals surface area contributed by atoms with Crippen LogP contribution in [0, 0.1) is 6.92 Å². The average molecular weight is 464 g/mol. The molecule has 0 spiro atoms. The van der Waals surface area contributed by atoms with Crippen LogP contribution >= 0.6 is 15.9 Å². The number of benzene rings is 2. The molecule has 0 aliphatic heterocycles. The number of hydrogen-bond donors (Lipinski definition) is 1. The predicted octanol–water partition coefficient (Wildman–Crippen LogP) is 4.60. The van der Waals surface area contributed by atoms with Crippen molar-refractivity contribution in [1.29, 1.82) is 0 Å². The first kappa shape index (κ1) is 19.8. The van der Waals surface area contributed by atoms with Gasteiger partial charge in [0.2, 0.25) is 0 Å². The fourth-order valence-corrected chi connectivity index (χ4v) is 3.24. The molecule has 4 aromatic rings. The van der Waals surface area contributed by atoms with E-state index in [1.54, 1.807) is 36.5 Å². The molecule has 2 heterocycles. The molecule has 0 atom stereocenters. The molecule has 6 nitrogen and oxygen atoms in total. The summed E-state index contributed by atoms with van der Waals surface area (Å²) in [6, 6.07) is 19.4. The van der Waals surface area contributed by atoms with Gasteiger partial charge in [-0.2, -0.15) is 0 Å². The fraction of sp³-hybridized carbons (Fsp3) is 0.0870. The molecule has 2 aromatic heterocycles. The number of anilines is 1. The number of nitrogens with one attached hydrogen (secondary N) is 1. The van der Waals surface area contributed by atoms with E-state index in [1.807, 2.05) is 37.3 Å². The Bertz CT molecular complexity index is 1280. The van der Waals surface area contributed by atoms with Crippen molar-refractivity contribution in [3.05, 3.63) is 105 Å². The Labute approximate surface area is 181 Å². The summed E-state index contributed by atoms with van der Waals surface area (Å²) in [5.41, 5.74) is 2.96. The van der Waals surface area contributed by atoms with Crippen molar-refractivity contribution in [2.75, 3.05) is 5.32 Å². The lowest BCUT2D eigenvalue weighted by Gasteiger charge is -2.13. The second-order valence-corrected chi connectivity index (χ2v) is 7.68. The van der Waals surface area contributed by atoms with Gasteiger partial charge in [-0.3, -0.25) is 14.0 Å². The minimum Gasteiger partial charge on any atom is -0.485 e. The zero-order valence-corrected chi connectivity index (χ0v) is 17.7. The summed E-state index contributed by atoms with van der Waals surface area (Å²) in [4.78, 5) is 29.4. The lowest BCUT2D eigenvalue weighted by Crippen LogP contribution is -2.17. The summed E-state index contributed by atoms with van der Waals surface area (Å²) in [6.45, 7) is 2.02. The third kappa shape index (κ3) is 4.41. The van der Waals surface area contributed by atoms with Crippen molar-refractivity contribution in [3.63, 3.8) is 0 Å². The van der Waals surface area contributed by atoms with Crippen LogP contribution < -0.4 is 15.6 Å². The first-order chi connectivity index (χ1) is 14.5. The smallest absolute Gasteiger partial charge is 0.258 e. The summed E-state index contributed by atoms with van der Waals surface area (Å²) in [5.74, 6) is 0.255. The minimum atomic E-state index is -0.240. The lowest BCUT2D eigenvalue weighted by molar-refractivity contribution is 0.102. The second kappa shape index (κ2) is 8.51. The average Bonchev–Trinajstić information content (AvgIpc) is 2.74. The zero-order chi connectivity index (χ0) is 21.1. The molecule has 0 saturated carbocycles. The maximum Gasteiger partial charge on any atom is 0.258 e. The Hall–Kier alpha value is -3.45. The van der Waals surface area contributed by atoms with Crippen molar-refractivity contribution >= 4 is 33.2 Å². The molecule has 0 radical (unpaired) electrons. The van der Waals surface area contributed by atoms with E-state index in [4.69, 9.17) is 4.74 Å². The van der Waals surface area contributed by atoms with E-state index in [9.17, 15) is 9.59 Å². The van der Waals surface area contributed by atoms with Crippen LogP contribution in [0.3, 0.4) is 0 Å². The molecule has 0 fully saturated rings. The number of rotatable bonds is 5. The largest absolute Gasteiger partial charge is 0.485 e. The van der Waals surface area contributed by atoms with Crippen LogP contribution in [-0.2, 0) is 6.61 Å². The van der Waals surface area contributed by atoms with E-state index < -0.39 is 0 Å². The summed E-state index contributed by atoms with van der Waals surface area (Å²) in [5, 5.41) is 2.86. The van der Waals surface area contributed by atoms with Crippen LogP contribution in [0.5, 0.6) is 5.75 Å². The van der Waals surface area contributed by atoms with E-state index >= 15 is 0 Å². The van der Waals surface area contributed by atoms with Gasteiger partial charge in [-0.1, -0.05) is 34.1 Å². The van der Waals surface area contributed by atoms with Crippen LogP contribution in [0.4, 0.5) is 5.69 Å². The van der Waals surface area contributed by atoms with Gasteiger partial charge in [0.1, 0.15) is 18.0 Å². The Morgan fingerprint density at radius 1 is 1.10 bits per heavy atom. The number of aryl methyl sites for hydroxylation is 1. The summed E-state index contributed by atoms with van der Waals surface area (Å²) in [7, 11) is 0. The topological polar surface area (TPSA) is 72.7 Å². The molecule has 1 amide bonds. The summed E-state index contributed by atoms with van der Waals surface area (Å²) in [6.07, 6.45) is 1.75. The lowest BCUT2D eigenvalue weighted by atomic mass is 10.2. The molecule has 7 heteroatoms. The van der Waals surface area contributed by atoms with Crippen molar-refractivity contribution in [2.24, 2.45) is 0 Å². The summed E-state index contributed by atoms with van der Waals surface area (Å²) < 4.78 is 8.28. The molecule has 0 aliphatic carbocycles. The molecule has 2 aromatic carbocycles. The highest BCUT2D eigenvalue weighted by Crippen LogP contribution is 2.25. The number of carbonyl (C=O) groups is 1. The number of amides is 1. The molecule has 0 saturated heterocycles.